The Hall–Kier alpha value is -7.89. The first kappa shape index (κ1) is 64.6. The highest BCUT2D eigenvalue weighted by molar-refractivity contribution is 8.76. The first-order valence-electron chi connectivity index (χ1n) is 28.0. The number of benzene rings is 1. The molecule has 0 spiro atoms. The number of carbonyl (C=O) groups is 10. The van der Waals surface area contributed by atoms with Crippen LogP contribution in [0.2, 0.25) is 0 Å². The minimum atomic E-state index is -1.53. The van der Waals surface area contributed by atoms with Crippen molar-refractivity contribution in [3.63, 3.8) is 0 Å². The average Bonchev–Trinajstić information content (AvgIpc) is 1.51. The van der Waals surface area contributed by atoms with Crippen LogP contribution in [0.4, 0.5) is 16.4 Å². The van der Waals surface area contributed by atoms with Crippen molar-refractivity contribution in [3.05, 3.63) is 74.6 Å². The maximum atomic E-state index is 13.9. The van der Waals surface area contributed by atoms with Gasteiger partial charge < -0.3 is 77.4 Å². The number of primary amides is 1. The number of imide groups is 1. The molecule has 7 atom stereocenters. The number of carbonyl (C=O) groups excluding carboxylic acids is 8. The predicted molar refractivity (Wildman–Crippen MR) is 316 cm³/mol. The van der Waals surface area contributed by atoms with E-state index in [0.717, 1.165) is 16.7 Å². The third-order valence-electron chi connectivity index (χ3n) is 16.0. The molecule has 4 aliphatic heterocycles. The normalized spacial score (nSPS) is 24.4. The van der Waals surface area contributed by atoms with E-state index in [1.54, 1.807) is 24.0 Å². The maximum Gasteiger partial charge on any atom is 0.405 e. The molecule has 13 N–H and O–H groups in total. The number of allylic oxidation sites excluding steroid dienone is 2. The molecular weight excluding hydrogens is 1210 g/mol. The molecule has 31 nitrogen and oxygen atoms in total. The number of piperazine rings is 1. The minimum absolute atomic E-state index is 0.00226. The van der Waals surface area contributed by atoms with Crippen LogP contribution in [0.5, 0.6) is 0 Å². The molecule has 1 aromatic carbocycles. The Morgan fingerprint density at radius 1 is 0.909 bits per heavy atom. The zero-order valence-corrected chi connectivity index (χ0v) is 50.3. The number of nitrogens with two attached hydrogens (primary N) is 2. The molecule has 0 bridgehead atoms. The van der Waals surface area contributed by atoms with Gasteiger partial charge in [0.15, 0.2) is 28.8 Å². The number of anilines is 2. The van der Waals surface area contributed by atoms with Gasteiger partial charge in [0, 0.05) is 106 Å². The third-order valence-corrected chi connectivity index (χ3v) is 19.7. The summed E-state index contributed by atoms with van der Waals surface area (Å²) in [6.45, 7) is 2.67. The number of Topliss-reactive ketones (excluding diaryl/α,β-unsaturated/α-hetero) is 2. The number of aliphatic carboxylic acids is 2. The molecule has 472 valence electrons. The van der Waals surface area contributed by atoms with E-state index < -0.39 is 101 Å². The average molecular weight is 1280 g/mol. The molecule has 1 unspecified atom stereocenters. The van der Waals surface area contributed by atoms with Crippen LogP contribution in [0.3, 0.4) is 0 Å². The summed E-state index contributed by atoms with van der Waals surface area (Å²) >= 11 is 0.871. The van der Waals surface area contributed by atoms with E-state index in [4.69, 9.17) is 30.4 Å². The number of carboxylic acids is 2. The number of methoxy groups -OCH3 is 2. The number of likely N-dealkylation sites (tertiary alicyclic amines) is 1. The molecule has 88 heavy (non-hydrogen) atoms. The monoisotopic (exact) mass is 1280 g/mol. The largest absolute Gasteiger partial charge is 0.480 e. The second-order valence-corrected chi connectivity index (χ2v) is 25.3. The van der Waals surface area contributed by atoms with Crippen molar-refractivity contribution >= 4 is 115 Å². The van der Waals surface area contributed by atoms with E-state index in [2.05, 4.69) is 51.8 Å². The fourth-order valence-corrected chi connectivity index (χ4v) is 14.4. The lowest BCUT2D eigenvalue weighted by atomic mass is 9.84. The van der Waals surface area contributed by atoms with Crippen LogP contribution in [0.25, 0.3) is 11.2 Å². The fraction of sp³-hybridized carbons (Fsp3) is 0.519. The van der Waals surface area contributed by atoms with Crippen LogP contribution < -0.4 is 48.9 Å². The quantitative estimate of drug-likeness (QED) is 0.00961. The number of carboxylic acid groups (broad SMARTS) is 2. The van der Waals surface area contributed by atoms with Crippen molar-refractivity contribution in [1.29, 1.82) is 0 Å². The van der Waals surface area contributed by atoms with Gasteiger partial charge in [0.05, 0.1) is 59.8 Å². The van der Waals surface area contributed by atoms with E-state index in [9.17, 15) is 63.0 Å². The van der Waals surface area contributed by atoms with Gasteiger partial charge in [0.1, 0.15) is 12.1 Å². The summed E-state index contributed by atoms with van der Waals surface area (Å²) < 4.78 is 23.3. The van der Waals surface area contributed by atoms with Crippen LogP contribution in [0.1, 0.15) is 67.9 Å². The number of hydrogen-bond donors (Lipinski definition) is 11. The lowest BCUT2D eigenvalue weighted by molar-refractivity contribution is -0.242. The Morgan fingerprint density at radius 2 is 1.62 bits per heavy atom. The maximum absolute atomic E-state index is 13.9. The molecule has 34 heteroatoms. The standard InChI is InChI=1S/C54H66N14O17S3/c1-25-37(41(72)36-39(40(25)71)68-23-31-42(63-31)54(68,83-3)43(36)85-52(56)81)57-14-18-87-88-19-15-58-45(73)27-10-12-53(82-2,13-11-27)84-17-16-67-35(70)20-33(48(67)76)86-24-32(50(79)80)62-34(69)9-8-30(49(77)78)64-46(74)26-4-6-28(7-5-26)59-21-29-22-60-44-38(61-29)47(75)66-51(55)65-44/h4-7,22,27,30-33,42-43,57,59,63H,8-21,23-24H2,1-3H3,(H2,56,81)(H,58,73)(H,62,69)(H,64,74)(H,77,78)(H,79,80)(H3,55,60,65,66,75)/t27?,30-,31-,32-,33?,42-,43+,53?,54-/m0/s1. The summed E-state index contributed by atoms with van der Waals surface area (Å²) in [6.07, 6.45) is -0.367. The first-order valence-corrected chi connectivity index (χ1v) is 31.5. The van der Waals surface area contributed by atoms with Crippen molar-refractivity contribution < 1.29 is 77.1 Å². The number of aromatic amines is 1. The topological polar surface area (TPSA) is 460 Å². The lowest BCUT2D eigenvalue weighted by Gasteiger charge is -2.38. The number of nitrogens with zero attached hydrogens (tertiary/aromatic N) is 5. The van der Waals surface area contributed by atoms with E-state index in [1.807, 2.05) is 0 Å². The van der Waals surface area contributed by atoms with Gasteiger partial charge in [-0.2, -0.15) is 4.98 Å². The van der Waals surface area contributed by atoms with Crippen LogP contribution in [-0.4, -0.2) is 210 Å². The zero-order chi connectivity index (χ0) is 63.2. The van der Waals surface area contributed by atoms with E-state index in [-0.39, 0.29) is 107 Å². The summed E-state index contributed by atoms with van der Waals surface area (Å²) in [6, 6.07) is 2.69. The lowest BCUT2D eigenvalue weighted by Crippen LogP contribution is -2.58. The number of rotatable bonds is 30. The molecule has 6 amide bonds. The molecule has 6 heterocycles. The third kappa shape index (κ3) is 14.0. The summed E-state index contributed by atoms with van der Waals surface area (Å²) in [5.74, 6) is -7.10. The first-order chi connectivity index (χ1) is 42.1. The molecule has 4 fully saturated rings. The molecular formula is C54H66N14O17S3. The predicted octanol–water partition coefficient (Wildman–Crippen LogP) is -0.907. The molecule has 0 radical (unpaired) electrons. The zero-order valence-electron chi connectivity index (χ0n) is 47.9. The molecule has 1 saturated carbocycles. The van der Waals surface area contributed by atoms with Crippen molar-refractivity contribution in [3.8, 4) is 0 Å². The van der Waals surface area contributed by atoms with Gasteiger partial charge in [0.2, 0.25) is 41.1 Å². The number of ether oxygens (including phenoxy) is 4. The fourth-order valence-electron chi connectivity index (χ4n) is 11.4. The summed E-state index contributed by atoms with van der Waals surface area (Å²) in [5, 5.41) is 35.9. The number of hydrogen-bond acceptors (Lipinski definition) is 26. The number of fused-ring (bicyclic) bond motifs is 5. The summed E-state index contributed by atoms with van der Waals surface area (Å²) in [5.41, 5.74) is 10.9. The van der Waals surface area contributed by atoms with Gasteiger partial charge >= 0.3 is 18.0 Å². The Kier molecular flexibility index (Phi) is 20.3. The number of nitrogens with one attached hydrogen (secondary N) is 7. The van der Waals surface area contributed by atoms with Gasteiger partial charge in [-0.05, 0) is 50.5 Å². The highest BCUT2D eigenvalue weighted by atomic mass is 33.1. The van der Waals surface area contributed by atoms with Gasteiger partial charge in [-0.15, -0.1) is 11.8 Å². The van der Waals surface area contributed by atoms with E-state index in [0.29, 0.717) is 68.2 Å². The number of aromatic nitrogens is 4. The van der Waals surface area contributed by atoms with Crippen LogP contribution in [0, 0.1) is 5.92 Å². The molecule has 2 aliphatic carbocycles. The van der Waals surface area contributed by atoms with Crippen LogP contribution in [0.15, 0.2) is 57.8 Å². The number of thioether (sulfide) groups is 1. The minimum Gasteiger partial charge on any atom is -0.480 e. The van der Waals surface area contributed by atoms with Crippen molar-refractivity contribution in [2.24, 2.45) is 11.7 Å². The van der Waals surface area contributed by atoms with Crippen molar-refractivity contribution in [2.45, 2.75) is 105 Å². The van der Waals surface area contributed by atoms with Crippen molar-refractivity contribution in [2.75, 3.05) is 75.3 Å². The Labute approximate surface area is 513 Å². The highest BCUT2D eigenvalue weighted by Gasteiger charge is 2.74. The molecule has 2 aromatic heterocycles. The summed E-state index contributed by atoms with van der Waals surface area (Å²) in [4.78, 5) is 159. The van der Waals surface area contributed by atoms with Crippen LogP contribution in [-0.2, 0) is 63.8 Å². The SMILES string of the molecule is COC1(OCCN2C(=O)CC(SC[C@H](NC(=O)CC[C@H](NC(=O)c3ccc(NCc4cnc5nc(N)[nH]c(=O)c5n4)cc3)C(=O)O)C(=O)O)C2=O)CCC(C(=O)NCCSSCCNC2=C(C)C(=O)C3=C(C2=O)[C@@H](OC(N)=O)[C@@]2(OC)[C@H]4N[C@H]4CN32)CC1. The second kappa shape index (κ2) is 27.7. The number of nitrogen functional groups attached to an aromatic ring is 1. The van der Waals surface area contributed by atoms with Gasteiger partial charge in [-0.25, -0.2) is 24.4 Å². The molecule has 9 rings (SSSR count). The van der Waals surface area contributed by atoms with Crippen molar-refractivity contribution in [1.82, 2.24) is 56.3 Å². The number of amides is 6. The Morgan fingerprint density at radius 3 is 2.31 bits per heavy atom. The van der Waals surface area contributed by atoms with E-state index >= 15 is 0 Å². The molecule has 3 aromatic rings. The smallest absolute Gasteiger partial charge is 0.405 e. The van der Waals surface area contributed by atoms with Crippen LogP contribution >= 0.6 is 33.3 Å². The molecule has 6 aliphatic rings. The number of H-pyrrole nitrogens is 1. The second-order valence-electron chi connectivity index (χ2n) is 21.3. The van der Waals surface area contributed by atoms with E-state index in [1.165, 1.54) is 54.1 Å². The molecule has 3 saturated heterocycles. The summed E-state index contributed by atoms with van der Waals surface area (Å²) in [7, 11) is 5.96. The highest BCUT2D eigenvalue weighted by Crippen LogP contribution is 2.53. The van der Waals surface area contributed by atoms with Gasteiger partial charge in [0.25, 0.3) is 11.5 Å². The van der Waals surface area contributed by atoms with Gasteiger partial charge in [-0.3, -0.25) is 48.2 Å². The van der Waals surface area contributed by atoms with Gasteiger partial charge in [-0.1, -0.05) is 21.6 Å². The Balaban J connectivity index is 0.634. The Bertz CT molecular complexity index is 3420. The number of ketones is 2.